The molecule has 0 saturated carbocycles. The van der Waals surface area contributed by atoms with Crippen LogP contribution in [0.2, 0.25) is 0 Å². The molecule has 0 aromatic heterocycles. The van der Waals surface area contributed by atoms with Crippen molar-refractivity contribution in [3.8, 4) is 0 Å². The molecular formula is C9H16N2O2. The van der Waals surface area contributed by atoms with Gasteiger partial charge in [-0.3, -0.25) is 4.99 Å². The van der Waals surface area contributed by atoms with Gasteiger partial charge in [-0.15, -0.1) is 0 Å². The maximum Gasteiger partial charge on any atom is 0.0996 e. The summed E-state index contributed by atoms with van der Waals surface area (Å²) in [6.45, 7) is 1.97. The summed E-state index contributed by atoms with van der Waals surface area (Å²) in [5, 5.41) is 12.7. The molecule has 0 aromatic rings. The molecular weight excluding hydrogens is 168 g/mol. The minimum atomic E-state index is -0.371. The van der Waals surface area contributed by atoms with Crippen LogP contribution in [0.25, 0.3) is 0 Å². The lowest BCUT2D eigenvalue weighted by molar-refractivity contribution is 0.123. The minimum absolute atomic E-state index is 0.0526. The summed E-state index contributed by atoms with van der Waals surface area (Å²) in [6.07, 6.45) is 3.04. The SMILES string of the molecule is OC1COCC1NC1=NCCCC1. The molecule has 2 unspecified atom stereocenters. The highest BCUT2D eigenvalue weighted by molar-refractivity contribution is 5.83. The highest BCUT2D eigenvalue weighted by Gasteiger charge is 2.26. The molecule has 4 heteroatoms. The van der Waals surface area contributed by atoms with Crippen LogP contribution < -0.4 is 5.32 Å². The van der Waals surface area contributed by atoms with Gasteiger partial charge in [0.1, 0.15) is 0 Å². The van der Waals surface area contributed by atoms with Crippen molar-refractivity contribution >= 4 is 5.84 Å². The van der Waals surface area contributed by atoms with Crippen LogP contribution in [0.3, 0.4) is 0 Å². The van der Waals surface area contributed by atoms with Crippen molar-refractivity contribution < 1.29 is 9.84 Å². The summed E-state index contributed by atoms with van der Waals surface area (Å²) < 4.78 is 5.14. The molecule has 0 aromatic carbocycles. The number of aliphatic hydroxyl groups excluding tert-OH is 1. The molecule has 4 nitrogen and oxygen atoms in total. The summed E-state index contributed by atoms with van der Waals surface area (Å²) >= 11 is 0. The van der Waals surface area contributed by atoms with Crippen LogP contribution in [-0.2, 0) is 4.74 Å². The van der Waals surface area contributed by atoms with Gasteiger partial charge in [0.05, 0.1) is 31.2 Å². The van der Waals surface area contributed by atoms with E-state index in [-0.39, 0.29) is 12.1 Å². The van der Waals surface area contributed by atoms with Crippen LogP contribution >= 0.6 is 0 Å². The number of nitrogens with one attached hydrogen (secondary N) is 1. The summed E-state index contributed by atoms with van der Waals surface area (Å²) in [7, 11) is 0. The predicted octanol–water partition coefficient (Wildman–Crippen LogP) is -0.0819. The maximum atomic E-state index is 9.48. The lowest BCUT2D eigenvalue weighted by Crippen LogP contribution is -2.43. The quantitative estimate of drug-likeness (QED) is 0.599. The van der Waals surface area contributed by atoms with Gasteiger partial charge >= 0.3 is 0 Å². The zero-order valence-corrected chi connectivity index (χ0v) is 7.70. The second kappa shape index (κ2) is 4.07. The van der Waals surface area contributed by atoms with Crippen LogP contribution in [0.5, 0.6) is 0 Å². The number of amidine groups is 1. The molecule has 2 aliphatic rings. The molecule has 2 N–H and O–H groups in total. The fraction of sp³-hybridized carbons (Fsp3) is 0.889. The Balaban J connectivity index is 1.85. The summed E-state index contributed by atoms with van der Waals surface area (Å²) in [6, 6.07) is 0.0526. The van der Waals surface area contributed by atoms with Gasteiger partial charge < -0.3 is 15.2 Å². The van der Waals surface area contributed by atoms with E-state index < -0.39 is 0 Å². The average molecular weight is 184 g/mol. The largest absolute Gasteiger partial charge is 0.388 e. The van der Waals surface area contributed by atoms with Gasteiger partial charge in [0.15, 0.2) is 0 Å². The Morgan fingerprint density at radius 3 is 2.92 bits per heavy atom. The number of aliphatic hydroxyl groups is 1. The molecule has 0 radical (unpaired) electrons. The predicted molar refractivity (Wildman–Crippen MR) is 49.9 cm³/mol. The number of hydrogen-bond donors (Lipinski definition) is 2. The third kappa shape index (κ3) is 2.19. The average Bonchev–Trinajstić information content (AvgIpc) is 2.54. The normalized spacial score (nSPS) is 34.4. The summed E-state index contributed by atoms with van der Waals surface area (Å²) in [5.41, 5.74) is 0. The molecule has 74 valence electrons. The van der Waals surface area contributed by atoms with E-state index in [0.717, 1.165) is 18.8 Å². The number of rotatable bonds is 1. The van der Waals surface area contributed by atoms with Crippen molar-refractivity contribution in [2.75, 3.05) is 19.8 Å². The molecule has 2 aliphatic heterocycles. The second-order valence-corrected chi connectivity index (χ2v) is 3.64. The molecule has 1 saturated heterocycles. The summed E-state index contributed by atoms with van der Waals surface area (Å²) in [4.78, 5) is 4.37. The summed E-state index contributed by atoms with van der Waals surface area (Å²) in [5.74, 6) is 1.04. The highest BCUT2D eigenvalue weighted by Crippen LogP contribution is 2.09. The van der Waals surface area contributed by atoms with Crippen molar-refractivity contribution in [1.29, 1.82) is 0 Å². The topological polar surface area (TPSA) is 53.9 Å². The van der Waals surface area contributed by atoms with Crippen LogP contribution in [0.1, 0.15) is 19.3 Å². The van der Waals surface area contributed by atoms with Crippen molar-refractivity contribution in [1.82, 2.24) is 5.32 Å². The smallest absolute Gasteiger partial charge is 0.0996 e. The maximum absolute atomic E-state index is 9.48. The van der Waals surface area contributed by atoms with Crippen LogP contribution in [0, 0.1) is 0 Å². The monoisotopic (exact) mass is 184 g/mol. The third-order valence-corrected chi connectivity index (χ3v) is 2.53. The van der Waals surface area contributed by atoms with E-state index in [4.69, 9.17) is 4.74 Å². The van der Waals surface area contributed by atoms with Gasteiger partial charge in [-0.1, -0.05) is 0 Å². The first kappa shape index (κ1) is 8.97. The van der Waals surface area contributed by atoms with Crippen LogP contribution in [-0.4, -0.2) is 42.8 Å². The Labute approximate surface area is 78.0 Å². The van der Waals surface area contributed by atoms with E-state index in [9.17, 15) is 5.11 Å². The Bertz CT molecular complexity index is 206. The number of hydrogen-bond acceptors (Lipinski definition) is 4. The van der Waals surface area contributed by atoms with Crippen molar-refractivity contribution in [2.24, 2.45) is 4.99 Å². The van der Waals surface area contributed by atoms with Gasteiger partial charge in [-0.2, -0.15) is 0 Å². The van der Waals surface area contributed by atoms with Gasteiger partial charge in [-0.25, -0.2) is 0 Å². The molecule has 0 aliphatic carbocycles. The molecule has 2 atom stereocenters. The molecule has 0 spiro atoms. The van der Waals surface area contributed by atoms with Crippen LogP contribution in [0.4, 0.5) is 0 Å². The lowest BCUT2D eigenvalue weighted by atomic mass is 10.1. The second-order valence-electron chi connectivity index (χ2n) is 3.64. The van der Waals surface area contributed by atoms with Crippen molar-refractivity contribution in [2.45, 2.75) is 31.4 Å². The third-order valence-electron chi connectivity index (χ3n) is 2.53. The molecule has 0 amide bonds. The first-order valence-corrected chi connectivity index (χ1v) is 4.92. The molecule has 13 heavy (non-hydrogen) atoms. The van der Waals surface area contributed by atoms with E-state index in [1.54, 1.807) is 0 Å². The fourth-order valence-corrected chi connectivity index (χ4v) is 1.71. The molecule has 1 fully saturated rings. The lowest BCUT2D eigenvalue weighted by Gasteiger charge is -2.19. The number of ether oxygens (including phenoxy) is 1. The Hall–Kier alpha value is -0.610. The minimum Gasteiger partial charge on any atom is -0.388 e. The van der Waals surface area contributed by atoms with E-state index in [2.05, 4.69) is 10.3 Å². The zero-order valence-electron chi connectivity index (χ0n) is 7.70. The first-order chi connectivity index (χ1) is 6.36. The van der Waals surface area contributed by atoms with Crippen molar-refractivity contribution in [3.05, 3.63) is 0 Å². The van der Waals surface area contributed by atoms with E-state index in [0.29, 0.717) is 13.2 Å². The first-order valence-electron chi connectivity index (χ1n) is 4.92. The molecule has 2 heterocycles. The Morgan fingerprint density at radius 1 is 1.38 bits per heavy atom. The van der Waals surface area contributed by atoms with E-state index in [1.165, 1.54) is 12.8 Å². The standard InChI is InChI=1S/C9H16N2O2/c12-8-6-13-5-7(8)11-9-3-1-2-4-10-9/h7-8,12H,1-6H2,(H,10,11). The number of nitrogens with zero attached hydrogens (tertiary/aromatic N) is 1. The van der Waals surface area contributed by atoms with Gasteiger partial charge in [0.25, 0.3) is 0 Å². The van der Waals surface area contributed by atoms with Gasteiger partial charge in [-0.05, 0) is 12.8 Å². The van der Waals surface area contributed by atoms with Crippen molar-refractivity contribution in [3.63, 3.8) is 0 Å². The fourth-order valence-electron chi connectivity index (χ4n) is 1.71. The zero-order chi connectivity index (χ0) is 9.10. The van der Waals surface area contributed by atoms with Gasteiger partial charge in [0, 0.05) is 13.0 Å². The van der Waals surface area contributed by atoms with Crippen LogP contribution in [0.15, 0.2) is 4.99 Å². The van der Waals surface area contributed by atoms with E-state index >= 15 is 0 Å². The Morgan fingerprint density at radius 2 is 2.31 bits per heavy atom. The van der Waals surface area contributed by atoms with E-state index in [1.807, 2.05) is 0 Å². The number of aliphatic imine (C=N–C) groups is 1. The highest BCUT2D eigenvalue weighted by atomic mass is 16.5. The van der Waals surface area contributed by atoms with Gasteiger partial charge in [0.2, 0.25) is 0 Å². The molecule has 0 bridgehead atoms. The Kier molecular flexibility index (Phi) is 2.80. The molecule has 2 rings (SSSR count).